The molecule has 8 nitrogen and oxygen atoms in total. The van der Waals surface area contributed by atoms with Gasteiger partial charge in [0.05, 0.1) is 18.7 Å². The van der Waals surface area contributed by atoms with Gasteiger partial charge in [-0.1, -0.05) is 35.9 Å². The summed E-state index contributed by atoms with van der Waals surface area (Å²) in [5, 5.41) is 9.24. The van der Waals surface area contributed by atoms with Gasteiger partial charge in [-0.25, -0.2) is 4.79 Å². The summed E-state index contributed by atoms with van der Waals surface area (Å²) in [6, 6.07) is 14.4. The fourth-order valence-electron chi connectivity index (χ4n) is 3.77. The number of aryl methyl sites for hydroxylation is 2. The van der Waals surface area contributed by atoms with E-state index in [0.717, 1.165) is 15.7 Å². The number of nitrogens with zero attached hydrogens (tertiary/aromatic N) is 4. The van der Waals surface area contributed by atoms with E-state index in [1.807, 2.05) is 31.2 Å². The van der Waals surface area contributed by atoms with Gasteiger partial charge in [-0.3, -0.25) is 18.5 Å². The fraction of sp³-hybridized carbons (Fsp3) is 0.292. The van der Waals surface area contributed by atoms with Crippen molar-refractivity contribution in [1.29, 1.82) is 0 Å². The van der Waals surface area contributed by atoms with Gasteiger partial charge in [0.1, 0.15) is 5.75 Å². The molecule has 0 aliphatic rings. The molecule has 4 aromatic rings. The molecule has 2 aromatic heterocycles. The number of benzene rings is 2. The van der Waals surface area contributed by atoms with Crippen LogP contribution in [0.1, 0.15) is 24.5 Å². The smallest absolute Gasteiger partial charge is 0.332 e. The first-order valence-electron chi connectivity index (χ1n) is 10.9. The van der Waals surface area contributed by atoms with Gasteiger partial charge in [0.15, 0.2) is 11.2 Å². The number of hydrogen-bond acceptors (Lipinski definition) is 6. The van der Waals surface area contributed by atoms with Crippen LogP contribution in [0, 0.1) is 6.92 Å². The van der Waals surface area contributed by atoms with E-state index in [-0.39, 0.29) is 55.4 Å². The number of ether oxygens (including phenoxy) is 1. The minimum Gasteiger partial charge on any atom is -0.425 e. The van der Waals surface area contributed by atoms with E-state index in [4.69, 9.17) is 4.74 Å². The van der Waals surface area contributed by atoms with Crippen LogP contribution >= 0.6 is 12.1 Å². The summed E-state index contributed by atoms with van der Waals surface area (Å²) < 4.78 is 23.3. The molecule has 1 N–H and O–H groups in total. The molecule has 2 aromatic carbocycles. The van der Waals surface area contributed by atoms with E-state index >= 15 is 0 Å². The maximum Gasteiger partial charge on any atom is 0.332 e. The summed E-state index contributed by atoms with van der Waals surface area (Å²) in [6.45, 7) is 4.30. The SMILES string of the molecule is CCn1c(=O)n(CCCO)c(=O)c2c1nc(Oc1cccc(SF)c1)n2Cc1ccc(C)cc1. The van der Waals surface area contributed by atoms with E-state index in [1.54, 1.807) is 29.7 Å². The molecule has 0 fully saturated rings. The Morgan fingerprint density at radius 1 is 1.09 bits per heavy atom. The average molecular weight is 485 g/mol. The number of imidazole rings is 1. The molecule has 0 amide bonds. The molecule has 0 aliphatic carbocycles. The second-order valence-corrected chi connectivity index (χ2v) is 8.48. The van der Waals surface area contributed by atoms with Crippen LogP contribution in [0.3, 0.4) is 0 Å². The summed E-state index contributed by atoms with van der Waals surface area (Å²) in [5.41, 5.74) is 1.47. The quantitative estimate of drug-likeness (QED) is 0.388. The van der Waals surface area contributed by atoms with Crippen LogP contribution in [-0.4, -0.2) is 30.4 Å². The zero-order chi connectivity index (χ0) is 24.2. The predicted molar refractivity (Wildman–Crippen MR) is 129 cm³/mol. The van der Waals surface area contributed by atoms with Gasteiger partial charge in [-0.2, -0.15) is 8.87 Å². The normalized spacial score (nSPS) is 11.3. The maximum atomic E-state index is 13.5. The lowest BCUT2D eigenvalue weighted by Crippen LogP contribution is -2.40. The van der Waals surface area contributed by atoms with Crippen molar-refractivity contribution in [2.24, 2.45) is 0 Å². The molecule has 0 saturated carbocycles. The van der Waals surface area contributed by atoms with E-state index in [9.17, 15) is 18.6 Å². The highest BCUT2D eigenvalue weighted by Crippen LogP contribution is 2.29. The number of halogens is 1. The molecule has 0 spiro atoms. The van der Waals surface area contributed by atoms with Crippen LogP contribution in [0.25, 0.3) is 11.2 Å². The minimum atomic E-state index is -0.499. The van der Waals surface area contributed by atoms with Gasteiger partial charge in [0.25, 0.3) is 5.56 Å². The Balaban J connectivity index is 1.95. The first kappa shape index (κ1) is 23.8. The number of aromatic nitrogens is 4. The largest absolute Gasteiger partial charge is 0.425 e. The summed E-state index contributed by atoms with van der Waals surface area (Å²) in [5.74, 6) is 0.356. The average Bonchev–Trinajstić information content (AvgIpc) is 3.18. The minimum absolute atomic E-state index is 0.0891. The third-order valence-corrected chi connectivity index (χ3v) is 5.93. The Bertz CT molecular complexity index is 1430. The van der Waals surface area contributed by atoms with Gasteiger partial charge in [0, 0.05) is 24.6 Å². The lowest BCUT2D eigenvalue weighted by atomic mass is 10.1. The van der Waals surface area contributed by atoms with Crippen molar-refractivity contribution in [3.8, 4) is 11.8 Å². The molecule has 0 bridgehead atoms. The molecule has 4 rings (SSSR count). The van der Waals surface area contributed by atoms with Gasteiger partial charge in [-0.05, 0) is 44.0 Å². The number of aliphatic hydroxyl groups excluding tert-OH is 1. The molecule has 0 saturated heterocycles. The highest BCUT2D eigenvalue weighted by molar-refractivity contribution is 7.94. The van der Waals surface area contributed by atoms with Crippen LogP contribution in [0.15, 0.2) is 63.0 Å². The molecule has 0 unspecified atom stereocenters. The summed E-state index contributed by atoms with van der Waals surface area (Å²) in [7, 11) is 0. The second-order valence-electron chi connectivity index (χ2n) is 7.85. The summed E-state index contributed by atoms with van der Waals surface area (Å²) in [4.78, 5) is 31.4. The Kier molecular flexibility index (Phi) is 7.18. The first-order valence-corrected chi connectivity index (χ1v) is 11.6. The Morgan fingerprint density at radius 2 is 1.85 bits per heavy atom. The Morgan fingerprint density at radius 3 is 2.53 bits per heavy atom. The zero-order valence-corrected chi connectivity index (χ0v) is 19.7. The van der Waals surface area contributed by atoms with Crippen molar-refractivity contribution in [3.05, 3.63) is 80.5 Å². The van der Waals surface area contributed by atoms with Crippen LogP contribution in [0.2, 0.25) is 0 Å². The van der Waals surface area contributed by atoms with Crippen molar-refractivity contribution in [1.82, 2.24) is 18.7 Å². The van der Waals surface area contributed by atoms with Crippen molar-refractivity contribution in [2.45, 2.75) is 44.8 Å². The monoisotopic (exact) mass is 484 g/mol. The van der Waals surface area contributed by atoms with Gasteiger partial charge in [0.2, 0.25) is 0 Å². The van der Waals surface area contributed by atoms with Gasteiger partial charge >= 0.3 is 11.7 Å². The molecule has 34 heavy (non-hydrogen) atoms. The van der Waals surface area contributed by atoms with Crippen LogP contribution in [-0.2, 0) is 19.6 Å². The summed E-state index contributed by atoms with van der Waals surface area (Å²) >= 11 is 0.100. The van der Waals surface area contributed by atoms with Crippen LogP contribution in [0.5, 0.6) is 11.8 Å². The third kappa shape index (κ3) is 4.64. The van der Waals surface area contributed by atoms with E-state index < -0.39 is 11.2 Å². The summed E-state index contributed by atoms with van der Waals surface area (Å²) in [6.07, 6.45) is 0.271. The lowest BCUT2D eigenvalue weighted by Gasteiger charge is -2.12. The fourth-order valence-corrected chi connectivity index (χ4v) is 4.06. The molecule has 0 radical (unpaired) electrons. The van der Waals surface area contributed by atoms with Crippen molar-refractivity contribution in [2.75, 3.05) is 6.61 Å². The van der Waals surface area contributed by atoms with Crippen LogP contribution < -0.4 is 16.0 Å². The van der Waals surface area contributed by atoms with Gasteiger partial charge < -0.3 is 9.84 Å². The van der Waals surface area contributed by atoms with Crippen molar-refractivity contribution in [3.63, 3.8) is 0 Å². The highest BCUT2D eigenvalue weighted by Gasteiger charge is 2.22. The Labute approximate surface area is 199 Å². The second kappa shape index (κ2) is 10.3. The topological polar surface area (TPSA) is 91.3 Å². The highest BCUT2D eigenvalue weighted by atomic mass is 32.2. The van der Waals surface area contributed by atoms with Crippen molar-refractivity contribution >= 4 is 23.3 Å². The molecular formula is C24H25FN4O4S. The van der Waals surface area contributed by atoms with Crippen molar-refractivity contribution < 1.29 is 13.7 Å². The predicted octanol–water partition coefficient (Wildman–Crippen LogP) is 3.89. The number of hydrogen-bond donors (Lipinski definition) is 1. The third-order valence-electron chi connectivity index (χ3n) is 5.50. The molecule has 0 atom stereocenters. The molecule has 0 aliphatic heterocycles. The standard InChI is InChI=1S/C24H25FN4O4S/c1-3-27-21-20(22(31)28(24(27)32)12-5-13-30)29(15-17-10-8-16(2)9-11-17)23(26-21)33-18-6-4-7-19(14-18)34-25/h4,6-11,14,30H,3,5,12-13,15H2,1-2H3. The first-order chi connectivity index (χ1) is 16.5. The maximum absolute atomic E-state index is 13.5. The molecule has 2 heterocycles. The van der Waals surface area contributed by atoms with Crippen LogP contribution in [0.4, 0.5) is 3.89 Å². The molecular weight excluding hydrogens is 459 g/mol. The Hall–Kier alpha value is -3.37. The number of fused-ring (bicyclic) bond motifs is 1. The van der Waals surface area contributed by atoms with E-state index in [1.165, 1.54) is 10.6 Å². The zero-order valence-electron chi connectivity index (χ0n) is 18.9. The molecule has 178 valence electrons. The van der Waals surface area contributed by atoms with Gasteiger partial charge in [-0.15, -0.1) is 0 Å². The van der Waals surface area contributed by atoms with E-state index in [2.05, 4.69) is 4.98 Å². The number of aliphatic hydroxyl groups is 1. The lowest BCUT2D eigenvalue weighted by molar-refractivity contribution is 0.277. The van der Waals surface area contributed by atoms with E-state index in [0.29, 0.717) is 17.2 Å². The number of rotatable bonds is 9. The molecule has 10 heteroatoms.